The standard InChI is InChI=1S/C25H40N2O4/c1-18(2)21-6-4-19(3)24(13-21)29-16-22(28)15-27-10-8-26(9-11-27)14-20-5-7-23-25(12-20)31-17-30-23/h5,7,12,18-19,21-22,24,28H,4,6,8-11,13-17H2,1-3H3. The number of aliphatic hydroxyl groups is 1. The average molecular weight is 433 g/mol. The molecule has 0 amide bonds. The zero-order valence-corrected chi connectivity index (χ0v) is 19.5. The van der Waals surface area contributed by atoms with E-state index in [-0.39, 0.29) is 0 Å². The number of β-amino-alcohol motifs (C(OH)–C–C–N with tert-alkyl or cyclic N) is 1. The van der Waals surface area contributed by atoms with Gasteiger partial charge in [-0.1, -0.05) is 26.8 Å². The predicted molar refractivity (Wildman–Crippen MR) is 121 cm³/mol. The van der Waals surface area contributed by atoms with Crippen molar-refractivity contribution in [1.82, 2.24) is 9.80 Å². The third kappa shape index (κ3) is 6.13. The van der Waals surface area contributed by atoms with E-state index in [2.05, 4.69) is 42.7 Å². The molecular formula is C25H40N2O4. The van der Waals surface area contributed by atoms with Gasteiger partial charge in [0.15, 0.2) is 11.5 Å². The number of benzene rings is 1. The molecule has 6 nitrogen and oxygen atoms in total. The van der Waals surface area contributed by atoms with Gasteiger partial charge in [0.1, 0.15) is 0 Å². The van der Waals surface area contributed by atoms with Gasteiger partial charge >= 0.3 is 0 Å². The second kappa shape index (κ2) is 10.5. The zero-order chi connectivity index (χ0) is 21.8. The van der Waals surface area contributed by atoms with Gasteiger partial charge in [-0.25, -0.2) is 0 Å². The van der Waals surface area contributed by atoms with Gasteiger partial charge in [0.2, 0.25) is 6.79 Å². The molecule has 6 heteroatoms. The Morgan fingerprint density at radius 2 is 1.81 bits per heavy atom. The third-order valence-corrected chi connectivity index (χ3v) is 7.39. The SMILES string of the molecule is CC(C)C1CCC(C)C(OCC(O)CN2CCN(Cc3ccc4c(c3)OCO4)CC2)C1. The fraction of sp³-hybridized carbons (Fsp3) is 0.760. The van der Waals surface area contributed by atoms with Crippen LogP contribution in [0, 0.1) is 17.8 Å². The van der Waals surface area contributed by atoms with Gasteiger partial charge in [0.05, 0.1) is 18.8 Å². The first-order chi connectivity index (χ1) is 15.0. The number of fused-ring (bicyclic) bond motifs is 1. The van der Waals surface area contributed by atoms with Gasteiger partial charge in [-0.05, 0) is 54.7 Å². The Morgan fingerprint density at radius 1 is 1.06 bits per heavy atom. The molecule has 1 aromatic rings. The highest BCUT2D eigenvalue weighted by Crippen LogP contribution is 2.35. The summed E-state index contributed by atoms with van der Waals surface area (Å²) in [7, 11) is 0. The molecule has 1 saturated heterocycles. The van der Waals surface area contributed by atoms with Crippen LogP contribution in [-0.2, 0) is 11.3 Å². The second-order valence-corrected chi connectivity index (χ2v) is 10.1. The predicted octanol–water partition coefficient (Wildman–Crippen LogP) is 3.37. The monoisotopic (exact) mass is 432 g/mol. The van der Waals surface area contributed by atoms with Crippen LogP contribution in [0.15, 0.2) is 18.2 Å². The Kier molecular flexibility index (Phi) is 7.75. The minimum Gasteiger partial charge on any atom is -0.454 e. The van der Waals surface area contributed by atoms with Crippen LogP contribution < -0.4 is 9.47 Å². The lowest BCUT2D eigenvalue weighted by atomic mass is 9.76. The van der Waals surface area contributed by atoms with Crippen molar-refractivity contribution < 1.29 is 19.3 Å². The summed E-state index contributed by atoms with van der Waals surface area (Å²) >= 11 is 0. The molecule has 2 fully saturated rings. The minimum atomic E-state index is -0.410. The van der Waals surface area contributed by atoms with Crippen LogP contribution >= 0.6 is 0 Å². The van der Waals surface area contributed by atoms with Crippen molar-refractivity contribution in [2.45, 2.75) is 58.8 Å². The molecule has 4 atom stereocenters. The molecule has 4 unspecified atom stereocenters. The van der Waals surface area contributed by atoms with E-state index in [1.807, 2.05) is 6.07 Å². The van der Waals surface area contributed by atoms with Crippen molar-refractivity contribution in [2.75, 3.05) is 46.1 Å². The normalized spacial score (nSPS) is 28.2. The fourth-order valence-corrected chi connectivity index (χ4v) is 5.16. The van der Waals surface area contributed by atoms with Gasteiger partial charge in [0.25, 0.3) is 0 Å². The summed E-state index contributed by atoms with van der Waals surface area (Å²) in [6.45, 7) is 13.3. The third-order valence-electron chi connectivity index (χ3n) is 7.39. The van der Waals surface area contributed by atoms with Gasteiger partial charge in [-0.15, -0.1) is 0 Å². The number of aliphatic hydroxyl groups excluding tert-OH is 1. The van der Waals surface area contributed by atoms with Crippen molar-refractivity contribution in [3.8, 4) is 11.5 Å². The highest BCUT2D eigenvalue weighted by molar-refractivity contribution is 5.44. The smallest absolute Gasteiger partial charge is 0.231 e. The summed E-state index contributed by atoms with van der Waals surface area (Å²) in [5.41, 5.74) is 1.26. The summed E-state index contributed by atoms with van der Waals surface area (Å²) in [5.74, 6) is 3.77. The lowest BCUT2D eigenvalue weighted by molar-refractivity contribution is -0.0678. The summed E-state index contributed by atoms with van der Waals surface area (Å²) in [4.78, 5) is 4.83. The largest absolute Gasteiger partial charge is 0.454 e. The highest BCUT2D eigenvalue weighted by Gasteiger charge is 2.30. The van der Waals surface area contributed by atoms with Crippen LogP contribution in [0.4, 0.5) is 0 Å². The average Bonchev–Trinajstić information content (AvgIpc) is 3.22. The maximum atomic E-state index is 10.6. The van der Waals surface area contributed by atoms with Gasteiger partial charge in [0, 0.05) is 39.3 Å². The number of piperazine rings is 1. The van der Waals surface area contributed by atoms with E-state index in [1.165, 1.54) is 18.4 Å². The van der Waals surface area contributed by atoms with Gasteiger partial charge in [-0.2, -0.15) is 0 Å². The Labute approximate surface area is 187 Å². The number of ether oxygens (including phenoxy) is 3. The Morgan fingerprint density at radius 3 is 2.58 bits per heavy atom. The Hall–Kier alpha value is -1.34. The van der Waals surface area contributed by atoms with Gasteiger partial charge in [-0.3, -0.25) is 9.80 Å². The second-order valence-electron chi connectivity index (χ2n) is 10.1. The summed E-state index contributed by atoms with van der Waals surface area (Å²) < 4.78 is 17.1. The molecule has 0 bridgehead atoms. The van der Waals surface area contributed by atoms with Crippen molar-refractivity contribution in [1.29, 1.82) is 0 Å². The summed E-state index contributed by atoms with van der Waals surface area (Å²) in [6.07, 6.45) is 3.60. The van der Waals surface area contributed by atoms with E-state index in [4.69, 9.17) is 14.2 Å². The molecule has 1 saturated carbocycles. The van der Waals surface area contributed by atoms with E-state index in [9.17, 15) is 5.11 Å². The number of rotatable bonds is 8. The van der Waals surface area contributed by atoms with E-state index >= 15 is 0 Å². The molecule has 2 heterocycles. The van der Waals surface area contributed by atoms with Crippen LogP contribution in [0.5, 0.6) is 11.5 Å². The number of nitrogens with zero attached hydrogens (tertiary/aromatic N) is 2. The van der Waals surface area contributed by atoms with E-state index in [0.29, 0.717) is 32.0 Å². The maximum Gasteiger partial charge on any atom is 0.231 e. The van der Waals surface area contributed by atoms with Crippen LogP contribution in [-0.4, -0.2) is 73.2 Å². The quantitative estimate of drug-likeness (QED) is 0.680. The number of hydrogen-bond acceptors (Lipinski definition) is 6. The molecular weight excluding hydrogens is 392 g/mol. The fourth-order valence-electron chi connectivity index (χ4n) is 5.16. The topological polar surface area (TPSA) is 54.4 Å². The molecule has 1 aromatic carbocycles. The highest BCUT2D eigenvalue weighted by atomic mass is 16.7. The molecule has 0 aromatic heterocycles. The van der Waals surface area contributed by atoms with Crippen LogP contribution in [0.25, 0.3) is 0 Å². The molecule has 31 heavy (non-hydrogen) atoms. The molecule has 4 rings (SSSR count). The lowest BCUT2D eigenvalue weighted by Crippen LogP contribution is -2.49. The Bertz CT molecular complexity index is 705. The minimum absolute atomic E-state index is 0.300. The van der Waals surface area contributed by atoms with E-state index in [0.717, 1.165) is 62.5 Å². The first kappa shape index (κ1) is 22.8. The van der Waals surface area contributed by atoms with Gasteiger partial charge < -0.3 is 19.3 Å². The molecule has 1 aliphatic carbocycles. The van der Waals surface area contributed by atoms with Crippen molar-refractivity contribution >= 4 is 0 Å². The van der Waals surface area contributed by atoms with Crippen molar-refractivity contribution in [3.05, 3.63) is 23.8 Å². The lowest BCUT2D eigenvalue weighted by Gasteiger charge is -2.37. The van der Waals surface area contributed by atoms with Crippen LogP contribution in [0.2, 0.25) is 0 Å². The molecule has 3 aliphatic rings. The van der Waals surface area contributed by atoms with E-state index < -0.39 is 6.10 Å². The first-order valence-electron chi connectivity index (χ1n) is 12.1. The Balaban J connectivity index is 1.16. The molecule has 0 radical (unpaired) electrons. The molecule has 1 N–H and O–H groups in total. The first-order valence-corrected chi connectivity index (χ1v) is 12.1. The van der Waals surface area contributed by atoms with E-state index in [1.54, 1.807) is 0 Å². The van der Waals surface area contributed by atoms with Crippen LogP contribution in [0.3, 0.4) is 0 Å². The van der Waals surface area contributed by atoms with Crippen LogP contribution in [0.1, 0.15) is 45.6 Å². The van der Waals surface area contributed by atoms with Crippen molar-refractivity contribution in [2.24, 2.45) is 17.8 Å². The molecule has 2 aliphatic heterocycles. The number of hydrogen-bond donors (Lipinski definition) is 1. The molecule has 0 spiro atoms. The molecule has 174 valence electrons. The zero-order valence-electron chi connectivity index (χ0n) is 19.5. The maximum absolute atomic E-state index is 10.6. The summed E-state index contributed by atoms with van der Waals surface area (Å²) in [6, 6.07) is 6.21. The summed E-state index contributed by atoms with van der Waals surface area (Å²) in [5, 5.41) is 10.6. The van der Waals surface area contributed by atoms with Crippen molar-refractivity contribution in [3.63, 3.8) is 0 Å².